The van der Waals surface area contributed by atoms with Crippen molar-refractivity contribution in [3.63, 3.8) is 0 Å². The highest BCUT2D eigenvalue weighted by molar-refractivity contribution is 6.00. The van der Waals surface area contributed by atoms with Crippen LogP contribution in [0.2, 0.25) is 0 Å². The van der Waals surface area contributed by atoms with E-state index in [-0.39, 0.29) is 11.3 Å². The number of fused-ring (bicyclic) bond motifs is 1. The first-order valence-corrected chi connectivity index (χ1v) is 8.36. The molecule has 28 heavy (non-hydrogen) atoms. The summed E-state index contributed by atoms with van der Waals surface area (Å²) in [4.78, 5) is 27.1. The number of carboxylic acid groups (broad SMARTS) is 1. The number of carbonyl (C=O) groups is 2. The number of carbonyl (C=O) groups excluding carboxylic acids is 1. The van der Waals surface area contributed by atoms with Crippen molar-refractivity contribution in [2.75, 3.05) is 13.7 Å². The highest BCUT2D eigenvalue weighted by Crippen LogP contribution is 2.31. The van der Waals surface area contributed by atoms with E-state index in [9.17, 15) is 14.7 Å². The van der Waals surface area contributed by atoms with Crippen molar-refractivity contribution in [2.24, 2.45) is 0 Å². The zero-order valence-electron chi connectivity index (χ0n) is 15.0. The molecule has 1 heterocycles. The summed E-state index contributed by atoms with van der Waals surface area (Å²) in [5.74, 6) is -0.691. The van der Waals surface area contributed by atoms with Crippen molar-refractivity contribution in [3.05, 3.63) is 66.0 Å². The minimum absolute atomic E-state index is 0.111. The van der Waals surface area contributed by atoms with Gasteiger partial charge in [-0.2, -0.15) is 0 Å². The van der Waals surface area contributed by atoms with Crippen LogP contribution in [0, 0.1) is 0 Å². The number of nitrogens with one attached hydrogen (secondary N) is 1. The second-order valence-electron chi connectivity index (χ2n) is 5.85. The van der Waals surface area contributed by atoms with Gasteiger partial charge < -0.3 is 25.0 Å². The van der Waals surface area contributed by atoms with Crippen LogP contribution in [0.15, 0.2) is 54.7 Å². The molecule has 0 radical (unpaired) electrons. The van der Waals surface area contributed by atoms with Crippen molar-refractivity contribution >= 4 is 22.6 Å². The van der Waals surface area contributed by atoms with Crippen LogP contribution in [-0.2, 0) is 9.53 Å². The van der Waals surface area contributed by atoms with Gasteiger partial charge in [-0.25, -0.2) is 4.98 Å². The van der Waals surface area contributed by atoms with E-state index < -0.39 is 24.7 Å². The first kappa shape index (κ1) is 19.3. The maximum absolute atomic E-state index is 12.3. The van der Waals surface area contributed by atoms with E-state index in [0.29, 0.717) is 22.3 Å². The smallest absolute Gasteiger partial charge is 0.322 e. The Balaban J connectivity index is 2.00. The van der Waals surface area contributed by atoms with Gasteiger partial charge >= 0.3 is 5.97 Å². The Kier molecular flexibility index (Phi) is 5.83. The van der Waals surface area contributed by atoms with Gasteiger partial charge in [-0.3, -0.25) is 9.59 Å². The van der Waals surface area contributed by atoms with Crippen LogP contribution in [0.4, 0.5) is 0 Å². The first-order valence-electron chi connectivity index (χ1n) is 8.36. The summed E-state index contributed by atoms with van der Waals surface area (Å²) >= 11 is 0. The van der Waals surface area contributed by atoms with Crippen molar-refractivity contribution < 1.29 is 29.3 Å². The molecule has 3 aromatic rings. The summed E-state index contributed by atoms with van der Waals surface area (Å²) in [5.41, 5.74) is 0.0361. The Morgan fingerprint density at radius 1 is 1.14 bits per heavy atom. The Morgan fingerprint density at radius 2 is 1.89 bits per heavy atom. The number of aliphatic hydroxyl groups is 1. The Bertz CT molecular complexity index is 1010. The highest BCUT2D eigenvalue weighted by atomic mass is 16.6. The molecule has 3 N–H and O–H groups in total. The number of para-hydroxylation sites is 1. The predicted molar refractivity (Wildman–Crippen MR) is 100 cm³/mol. The van der Waals surface area contributed by atoms with Gasteiger partial charge in [-0.15, -0.1) is 0 Å². The molecule has 0 aliphatic heterocycles. The van der Waals surface area contributed by atoms with Crippen LogP contribution < -0.4 is 10.1 Å². The largest absolute Gasteiger partial charge is 0.480 e. The van der Waals surface area contributed by atoms with E-state index in [0.717, 1.165) is 0 Å². The molecule has 3 rings (SSSR count). The number of benzene rings is 2. The van der Waals surface area contributed by atoms with Crippen LogP contribution in [-0.4, -0.2) is 40.7 Å². The van der Waals surface area contributed by atoms with Crippen LogP contribution in [0.25, 0.3) is 10.8 Å². The number of hydrogen-bond donors (Lipinski definition) is 3. The number of aliphatic carboxylic acids is 1. The minimum atomic E-state index is -1.41. The van der Waals surface area contributed by atoms with E-state index >= 15 is 0 Å². The third-order valence-corrected chi connectivity index (χ3v) is 3.97. The SMILES string of the molecule is COC(O)c1c(C(=O)NCC(=O)O)ncc2cc(Oc3ccccc3)ccc12. The molecule has 1 atom stereocenters. The lowest BCUT2D eigenvalue weighted by molar-refractivity contribution is -0.135. The summed E-state index contributed by atoms with van der Waals surface area (Å²) in [5, 5.41) is 22.4. The second kappa shape index (κ2) is 8.47. The molecule has 0 spiro atoms. The molecule has 8 heteroatoms. The standard InChI is InChI=1S/C20H18N2O6/c1-27-20(26)17-15-8-7-14(28-13-5-3-2-4-6-13)9-12(15)10-21-18(17)19(25)22-11-16(23)24/h2-10,20,26H,11H2,1H3,(H,22,25)(H,23,24). The maximum Gasteiger partial charge on any atom is 0.322 e. The van der Waals surface area contributed by atoms with Gasteiger partial charge in [-0.1, -0.05) is 24.3 Å². The third-order valence-electron chi connectivity index (χ3n) is 3.97. The van der Waals surface area contributed by atoms with Gasteiger partial charge in [0, 0.05) is 24.3 Å². The molecule has 2 aromatic carbocycles. The molecule has 144 valence electrons. The van der Waals surface area contributed by atoms with Crippen LogP contribution in [0.5, 0.6) is 11.5 Å². The number of rotatable bonds is 7. The normalized spacial score (nSPS) is 11.8. The molecule has 0 aliphatic rings. The number of amides is 1. The van der Waals surface area contributed by atoms with Gasteiger partial charge in [0.1, 0.15) is 23.7 Å². The molecule has 1 unspecified atom stereocenters. The van der Waals surface area contributed by atoms with E-state index in [1.807, 2.05) is 30.3 Å². The number of carboxylic acids is 1. The lowest BCUT2D eigenvalue weighted by Crippen LogP contribution is -2.31. The topological polar surface area (TPSA) is 118 Å². The Labute approximate surface area is 160 Å². The summed E-state index contributed by atoms with van der Waals surface area (Å²) in [7, 11) is 1.29. The molecule has 1 amide bonds. The van der Waals surface area contributed by atoms with Crippen molar-refractivity contribution in [2.45, 2.75) is 6.29 Å². The molecule has 1 aromatic heterocycles. The molecular weight excluding hydrogens is 364 g/mol. The van der Waals surface area contributed by atoms with Crippen molar-refractivity contribution in [1.29, 1.82) is 0 Å². The van der Waals surface area contributed by atoms with E-state index in [1.165, 1.54) is 13.3 Å². The number of hydrogen-bond acceptors (Lipinski definition) is 6. The highest BCUT2D eigenvalue weighted by Gasteiger charge is 2.22. The number of ether oxygens (including phenoxy) is 2. The van der Waals surface area contributed by atoms with E-state index in [4.69, 9.17) is 14.6 Å². The average molecular weight is 382 g/mol. The zero-order chi connectivity index (χ0) is 20.1. The Morgan fingerprint density at radius 3 is 2.57 bits per heavy atom. The van der Waals surface area contributed by atoms with E-state index in [1.54, 1.807) is 18.2 Å². The number of nitrogens with zero attached hydrogens (tertiary/aromatic N) is 1. The van der Waals surface area contributed by atoms with Crippen LogP contribution >= 0.6 is 0 Å². The fourth-order valence-corrected chi connectivity index (χ4v) is 2.70. The molecule has 0 saturated heterocycles. The van der Waals surface area contributed by atoms with Crippen LogP contribution in [0.3, 0.4) is 0 Å². The fourth-order valence-electron chi connectivity index (χ4n) is 2.70. The van der Waals surface area contributed by atoms with Crippen molar-refractivity contribution in [3.8, 4) is 11.5 Å². The van der Waals surface area contributed by atoms with E-state index in [2.05, 4.69) is 10.3 Å². The summed E-state index contributed by atoms with van der Waals surface area (Å²) in [6.45, 7) is -0.565. The lowest BCUT2D eigenvalue weighted by atomic mass is 10.0. The molecule has 0 saturated carbocycles. The molecular formula is C20H18N2O6. The molecule has 0 fully saturated rings. The monoisotopic (exact) mass is 382 g/mol. The second-order valence-corrected chi connectivity index (χ2v) is 5.85. The number of aromatic nitrogens is 1. The zero-order valence-corrected chi connectivity index (χ0v) is 15.0. The van der Waals surface area contributed by atoms with Gasteiger partial charge in [-0.05, 0) is 29.7 Å². The molecule has 0 aliphatic carbocycles. The lowest BCUT2D eigenvalue weighted by Gasteiger charge is -2.16. The number of aliphatic hydroxyl groups excluding tert-OH is 1. The quantitative estimate of drug-likeness (QED) is 0.537. The molecule has 8 nitrogen and oxygen atoms in total. The summed E-state index contributed by atoms with van der Waals surface area (Å²) in [6, 6.07) is 14.3. The van der Waals surface area contributed by atoms with Crippen molar-refractivity contribution in [1.82, 2.24) is 10.3 Å². The van der Waals surface area contributed by atoms with Gasteiger partial charge in [0.2, 0.25) is 0 Å². The summed E-state index contributed by atoms with van der Waals surface area (Å²) < 4.78 is 10.8. The van der Waals surface area contributed by atoms with Gasteiger partial charge in [0.25, 0.3) is 5.91 Å². The van der Waals surface area contributed by atoms with Gasteiger partial charge in [0.05, 0.1) is 0 Å². The van der Waals surface area contributed by atoms with Gasteiger partial charge in [0.15, 0.2) is 6.29 Å². The number of methoxy groups -OCH3 is 1. The number of pyridine rings is 1. The minimum Gasteiger partial charge on any atom is -0.480 e. The third kappa shape index (κ3) is 4.25. The maximum atomic E-state index is 12.3. The fraction of sp³-hybridized carbons (Fsp3) is 0.150. The van der Waals surface area contributed by atoms with Crippen LogP contribution in [0.1, 0.15) is 22.3 Å². The average Bonchev–Trinajstić information content (AvgIpc) is 2.71. The predicted octanol–water partition coefficient (Wildman–Crippen LogP) is 2.48. The Hall–Kier alpha value is -3.49. The molecule has 0 bridgehead atoms. The summed E-state index contributed by atoms with van der Waals surface area (Å²) in [6.07, 6.45) is 0.0389. The first-order chi connectivity index (χ1) is 13.5.